The number of nitrogens with one attached hydrogen (secondary N) is 2. The molecule has 0 heterocycles. The van der Waals surface area contributed by atoms with Gasteiger partial charge in [-0.1, -0.05) is 25.5 Å². The normalized spacial score (nSPS) is 11.1. The van der Waals surface area contributed by atoms with Gasteiger partial charge in [0.05, 0.1) is 0 Å². The van der Waals surface area contributed by atoms with Gasteiger partial charge in [-0.25, -0.2) is 4.79 Å². The number of unbranched alkanes of at least 4 members (excludes halogenated alkanes) is 1. The molecule has 4 nitrogen and oxygen atoms in total. The monoisotopic (exact) mass is 306 g/mol. The highest BCUT2D eigenvalue weighted by molar-refractivity contribution is 5.67. The number of aryl methyl sites for hydroxylation is 1. The van der Waals surface area contributed by atoms with E-state index in [1.54, 1.807) is 0 Å². The number of alkyl carbamates (subject to hydrolysis) is 1. The van der Waals surface area contributed by atoms with E-state index in [1.807, 2.05) is 20.8 Å². The minimum Gasteiger partial charge on any atom is -0.444 e. The highest BCUT2D eigenvalue weighted by atomic mass is 16.6. The molecule has 22 heavy (non-hydrogen) atoms. The maximum Gasteiger partial charge on any atom is 0.407 e. The molecule has 0 aliphatic rings. The van der Waals surface area contributed by atoms with Crippen LogP contribution in [0.3, 0.4) is 0 Å². The van der Waals surface area contributed by atoms with E-state index in [9.17, 15) is 4.79 Å². The highest BCUT2D eigenvalue weighted by Crippen LogP contribution is 2.11. The third-order valence-corrected chi connectivity index (χ3v) is 3.12. The Hall–Kier alpha value is -1.71. The van der Waals surface area contributed by atoms with Gasteiger partial charge in [-0.15, -0.1) is 0 Å². The van der Waals surface area contributed by atoms with E-state index in [0.717, 1.165) is 25.1 Å². The lowest BCUT2D eigenvalue weighted by atomic mass is 10.1. The number of rotatable bonds is 8. The summed E-state index contributed by atoms with van der Waals surface area (Å²) in [5.74, 6) is 0. The third-order valence-electron chi connectivity index (χ3n) is 3.12. The molecule has 124 valence electrons. The van der Waals surface area contributed by atoms with E-state index >= 15 is 0 Å². The summed E-state index contributed by atoms with van der Waals surface area (Å²) in [6.45, 7) is 9.22. The van der Waals surface area contributed by atoms with Crippen LogP contribution in [0.25, 0.3) is 0 Å². The van der Waals surface area contributed by atoms with Gasteiger partial charge in [0.25, 0.3) is 0 Å². The summed E-state index contributed by atoms with van der Waals surface area (Å²) in [6.07, 6.45) is 4.12. The first kappa shape index (κ1) is 18.3. The van der Waals surface area contributed by atoms with Gasteiger partial charge in [-0.3, -0.25) is 0 Å². The van der Waals surface area contributed by atoms with Crippen molar-refractivity contribution < 1.29 is 9.53 Å². The Morgan fingerprint density at radius 2 is 1.77 bits per heavy atom. The van der Waals surface area contributed by atoms with Gasteiger partial charge in [-0.2, -0.15) is 0 Å². The lowest BCUT2D eigenvalue weighted by molar-refractivity contribution is 0.0528. The summed E-state index contributed by atoms with van der Waals surface area (Å²) in [4.78, 5) is 11.5. The zero-order valence-corrected chi connectivity index (χ0v) is 14.4. The van der Waals surface area contributed by atoms with Crippen LogP contribution in [0.4, 0.5) is 10.5 Å². The van der Waals surface area contributed by atoms with Gasteiger partial charge in [0.2, 0.25) is 0 Å². The smallest absolute Gasteiger partial charge is 0.407 e. The van der Waals surface area contributed by atoms with Crippen molar-refractivity contribution in [1.29, 1.82) is 0 Å². The predicted molar refractivity (Wildman–Crippen MR) is 92.4 cm³/mol. The molecule has 0 aliphatic heterocycles. The number of benzene rings is 1. The Labute approximate surface area is 134 Å². The van der Waals surface area contributed by atoms with Gasteiger partial charge in [0.15, 0.2) is 0 Å². The molecule has 0 fully saturated rings. The van der Waals surface area contributed by atoms with Crippen LogP contribution in [0.15, 0.2) is 24.3 Å². The summed E-state index contributed by atoms with van der Waals surface area (Å²) in [5.41, 5.74) is 2.07. The molecule has 0 bridgehead atoms. The minimum atomic E-state index is -0.443. The molecule has 0 saturated heterocycles. The molecule has 0 aromatic heterocycles. The van der Waals surface area contributed by atoms with Crippen molar-refractivity contribution in [3.05, 3.63) is 29.8 Å². The predicted octanol–water partition coefficient (Wildman–Crippen LogP) is 4.36. The molecule has 0 atom stereocenters. The Balaban J connectivity index is 2.15. The van der Waals surface area contributed by atoms with E-state index in [4.69, 9.17) is 4.74 Å². The third kappa shape index (κ3) is 8.55. The van der Waals surface area contributed by atoms with Gasteiger partial charge in [-0.05, 0) is 57.7 Å². The van der Waals surface area contributed by atoms with Crippen LogP contribution in [-0.4, -0.2) is 24.8 Å². The molecular formula is C18H30N2O2. The maximum atomic E-state index is 11.5. The molecule has 0 aliphatic carbocycles. The second-order valence-corrected chi connectivity index (χ2v) is 6.51. The van der Waals surface area contributed by atoms with E-state index in [-0.39, 0.29) is 6.09 Å². The summed E-state index contributed by atoms with van der Waals surface area (Å²) in [6, 6.07) is 8.59. The highest BCUT2D eigenvalue weighted by Gasteiger charge is 2.15. The Morgan fingerprint density at radius 3 is 2.36 bits per heavy atom. The van der Waals surface area contributed by atoms with Crippen LogP contribution < -0.4 is 10.6 Å². The number of carbonyl (C=O) groups excluding carboxylic acids is 1. The van der Waals surface area contributed by atoms with Crippen molar-refractivity contribution in [3.8, 4) is 0 Å². The topological polar surface area (TPSA) is 50.4 Å². The molecule has 4 heteroatoms. The molecule has 0 saturated carbocycles. The summed E-state index contributed by atoms with van der Waals surface area (Å²) >= 11 is 0. The van der Waals surface area contributed by atoms with Crippen LogP contribution in [0.2, 0.25) is 0 Å². The molecule has 1 aromatic carbocycles. The van der Waals surface area contributed by atoms with Crippen LogP contribution >= 0.6 is 0 Å². The zero-order chi connectivity index (χ0) is 16.4. The molecule has 0 unspecified atom stereocenters. The Kier molecular flexibility index (Phi) is 7.78. The fraction of sp³-hybridized carbons (Fsp3) is 0.611. The van der Waals surface area contributed by atoms with Crippen LogP contribution in [0.1, 0.15) is 52.5 Å². The number of amides is 1. The van der Waals surface area contributed by atoms with Crippen LogP contribution in [0.5, 0.6) is 0 Å². The van der Waals surface area contributed by atoms with Gasteiger partial charge in [0, 0.05) is 18.8 Å². The number of anilines is 1. The molecule has 1 rings (SSSR count). The fourth-order valence-electron chi connectivity index (χ4n) is 2.00. The van der Waals surface area contributed by atoms with Crippen molar-refractivity contribution >= 4 is 11.8 Å². The zero-order valence-electron chi connectivity index (χ0n) is 14.4. The maximum absolute atomic E-state index is 11.5. The standard InChI is InChI=1S/C18H30N2O2/c1-5-6-8-15-9-11-16(12-10-15)19-13-7-14-20-17(21)22-18(2,3)4/h9-12,19H,5-8,13-14H2,1-4H3,(H,20,21). The van der Waals surface area contributed by atoms with Crippen LogP contribution in [-0.2, 0) is 11.2 Å². The molecule has 1 aromatic rings. The number of hydrogen-bond acceptors (Lipinski definition) is 3. The van der Waals surface area contributed by atoms with E-state index in [0.29, 0.717) is 6.54 Å². The SMILES string of the molecule is CCCCc1ccc(NCCCNC(=O)OC(C)(C)C)cc1. The lowest BCUT2D eigenvalue weighted by Crippen LogP contribution is -2.33. The molecule has 2 N–H and O–H groups in total. The van der Waals surface area contributed by atoms with E-state index < -0.39 is 5.60 Å². The summed E-state index contributed by atoms with van der Waals surface area (Å²) in [7, 11) is 0. The van der Waals surface area contributed by atoms with Crippen molar-refractivity contribution in [2.45, 2.75) is 59.0 Å². The fourth-order valence-corrected chi connectivity index (χ4v) is 2.00. The number of hydrogen-bond donors (Lipinski definition) is 2. The first-order chi connectivity index (χ1) is 10.4. The molecule has 0 spiro atoms. The number of ether oxygens (including phenoxy) is 1. The minimum absolute atomic E-state index is 0.354. The first-order valence-electron chi connectivity index (χ1n) is 8.20. The van der Waals surface area contributed by atoms with Gasteiger partial charge in [0.1, 0.15) is 5.60 Å². The van der Waals surface area contributed by atoms with Gasteiger partial charge >= 0.3 is 6.09 Å². The van der Waals surface area contributed by atoms with E-state index in [1.165, 1.54) is 18.4 Å². The van der Waals surface area contributed by atoms with E-state index in [2.05, 4.69) is 41.8 Å². The second-order valence-electron chi connectivity index (χ2n) is 6.51. The molecule has 0 radical (unpaired) electrons. The average molecular weight is 306 g/mol. The molecule has 1 amide bonds. The Bertz CT molecular complexity index is 435. The van der Waals surface area contributed by atoms with Crippen molar-refractivity contribution in [3.63, 3.8) is 0 Å². The van der Waals surface area contributed by atoms with Crippen molar-refractivity contribution in [1.82, 2.24) is 5.32 Å². The summed E-state index contributed by atoms with van der Waals surface area (Å²) < 4.78 is 5.18. The van der Waals surface area contributed by atoms with Crippen molar-refractivity contribution in [2.24, 2.45) is 0 Å². The van der Waals surface area contributed by atoms with Gasteiger partial charge < -0.3 is 15.4 Å². The summed E-state index contributed by atoms with van der Waals surface area (Å²) in [5, 5.41) is 6.11. The average Bonchev–Trinajstić information content (AvgIpc) is 2.44. The number of carbonyl (C=O) groups is 1. The van der Waals surface area contributed by atoms with Crippen LogP contribution in [0, 0.1) is 0 Å². The largest absolute Gasteiger partial charge is 0.444 e. The second kappa shape index (κ2) is 9.34. The quantitative estimate of drug-likeness (QED) is 0.702. The molecular weight excluding hydrogens is 276 g/mol. The lowest BCUT2D eigenvalue weighted by Gasteiger charge is -2.19. The van der Waals surface area contributed by atoms with Crippen molar-refractivity contribution in [2.75, 3.05) is 18.4 Å². The first-order valence-corrected chi connectivity index (χ1v) is 8.20. The Morgan fingerprint density at radius 1 is 1.09 bits per heavy atom.